The first-order valence-electron chi connectivity index (χ1n) is 10.6. The van der Waals surface area contributed by atoms with Gasteiger partial charge in [0.05, 0.1) is 10.7 Å². The van der Waals surface area contributed by atoms with Crippen LogP contribution in [0.3, 0.4) is 0 Å². The van der Waals surface area contributed by atoms with E-state index in [1.165, 1.54) is 23.9 Å². The predicted molar refractivity (Wildman–Crippen MR) is 128 cm³/mol. The van der Waals surface area contributed by atoms with E-state index in [9.17, 15) is 19.7 Å². The zero-order valence-electron chi connectivity index (χ0n) is 19.0. The summed E-state index contributed by atoms with van der Waals surface area (Å²) in [5, 5.41) is 13.7. The normalized spacial score (nSPS) is 11.8. The second kappa shape index (κ2) is 12.2. The summed E-state index contributed by atoms with van der Waals surface area (Å²) in [6, 6.07) is 13.6. The Morgan fingerprint density at radius 3 is 2.34 bits per heavy atom. The molecule has 2 amide bonds. The van der Waals surface area contributed by atoms with Crippen molar-refractivity contribution in [1.29, 1.82) is 0 Å². The molecule has 0 spiro atoms. The highest BCUT2D eigenvalue weighted by Crippen LogP contribution is 2.19. The van der Waals surface area contributed by atoms with E-state index in [0.717, 1.165) is 16.7 Å². The number of nitrogens with one attached hydrogen (secondary N) is 1. The van der Waals surface area contributed by atoms with Gasteiger partial charge in [0.2, 0.25) is 11.8 Å². The third kappa shape index (κ3) is 7.67. The maximum absolute atomic E-state index is 13.1. The van der Waals surface area contributed by atoms with E-state index in [0.29, 0.717) is 24.8 Å². The fourth-order valence-corrected chi connectivity index (χ4v) is 3.93. The molecule has 0 aliphatic heterocycles. The Labute approximate surface area is 193 Å². The number of thioether (sulfide) groups is 1. The fraction of sp³-hybridized carbons (Fsp3) is 0.417. The molecule has 0 aliphatic rings. The fourth-order valence-electron chi connectivity index (χ4n) is 3.06. The number of benzene rings is 2. The van der Waals surface area contributed by atoms with Crippen molar-refractivity contribution in [1.82, 2.24) is 10.2 Å². The predicted octanol–water partition coefficient (Wildman–Crippen LogP) is 4.33. The number of hydrogen-bond acceptors (Lipinski definition) is 5. The lowest BCUT2D eigenvalue weighted by Gasteiger charge is -2.29. The molecule has 32 heavy (non-hydrogen) atoms. The van der Waals surface area contributed by atoms with Crippen LogP contribution in [0, 0.1) is 23.0 Å². The summed E-state index contributed by atoms with van der Waals surface area (Å²) in [5.74, 6) is 0.804. The molecule has 172 valence electrons. The van der Waals surface area contributed by atoms with Gasteiger partial charge in [-0.05, 0) is 36.5 Å². The Balaban J connectivity index is 2.06. The number of rotatable bonds is 11. The van der Waals surface area contributed by atoms with Crippen LogP contribution in [0.2, 0.25) is 0 Å². The van der Waals surface area contributed by atoms with Gasteiger partial charge in [-0.3, -0.25) is 19.7 Å². The average Bonchev–Trinajstić information content (AvgIpc) is 2.76. The zero-order chi connectivity index (χ0) is 23.7. The molecule has 0 saturated heterocycles. The number of nitro groups is 1. The molecule has 8 heteroatoms. The number of nitrogens with zero attached hydrogens (tertiary/aromatic N) is 2. The van der Waals surface area contributed by atoms with Crippen molar-refractivity contribution in [3.63, 3.8) is 0 Å². The Morgan fingerprint density at radius 1 is 1.09 bits per heavy atom. The molecule has 0 aliphatic carbocycles. The summed E-state index contributed by atoms with van der Waals surface area (Å²) in [6.45, 7) is 8.72. The van der Waals surface area contributed by atoms with Crippen LogP contribution in [0.15, 0.2) is 48.5 Å². The van der Waals surface area contributed by atoms with E-state index >= 15 is 0 Å². The summed E-state index contributed by atoms with van der Waals surface area (Å²) in [7, 11) is 0. The van der Waals surface area contributed by atoms with Crippen molar-refractivity contribution < 1.29 is 14.5 Å². The third-order valence-electron chi connectivity index (χ3n) is 5.10. The van der Waals surface area contributed by atoms with E-state index < -0.39 is 11.0 Å². The van der Waals surface area contributed by atoms with Crippen molar-refractivity contribution in [2.24, 2.45) is 5.92 Å². The number of aryl methyl sites for hydroxylation is 1. The molecule has 1 N–H and O–H groups in total. The van der Waals surface area contributed by atoms with Gasteiger partial charge in [-0.1, -0.05) is 50.2 Å². The molecule has 0 radical (unpaired) electrons. The van der Waals surface area contributed by atoms with Gasteiger partial charge in [0.1, 0.15) is 6.04 Å². The number of carbonyl (C=O) groups excluding carboxylic acids is 2. The van der Waals surface area contributed by atoms with Crippen molar-refractivity contribution in [2.45, 2.75) is 46.0 Å². The highest BCUT2D eigenvalue weighted by molar-refractivity contribution is 7.99. The van der Waals surface area contributed by atoms with E-state index in [2.05, 4.69) is 5.32 Å². The smallest absolute Gasteiger partial charge is 0.269 e. The number of non-ortho nitro benzene ring substituents is 1. The zero-order valence-corrected chi connectivity index (χ0v) is 19.9. The number of amides is 2. The SMILES string of the molecule is Cc1ccccc1CN(C(=O)CSCc1ccc([N+](=O)[O-])cc1)[C@H](C)C(=O)NCC(C)C. The van der Waals surface area contributed by atoms with E-state index in [4.69, 9.17) is 0 Å². The molecular formula is C24H31N3O4S. The van der Waals surface area contributed by atoms with Gasteiger partial charge >= 0.3 is 0 Å². The highest BCUT2D eigenvalue weighted by atomic mass is 32.2. The van der Waals surface area contributed by atoms with Crippen LogP contribution in [-0.4, -0.2) is 40.0 Å². The summed E-state index contributed by atoms with van der Waals surface area (Å²) in [4.78, 5) is 37.8. The number of carbonyl (C=O) groups is 2. The quantitative estimate of drug-likeness (QED) is 0.401. The minimum absolute atomic E-state index is 0.0421. The molecular weight excluding hydrogens is 426 g/mol. The number of nitro benzene ring substituents is 1. The van der Waals surface area contributed by atoms with Crippen LogP contribution < -0.4 is 5.32 Å². The molecule has 2 aromatic rings. The molecule has 1 atom stereocenters. The monoisotopic (exact) mass is 457 g/mol. The topological polar surface area (TPSA) is 92.6 Å². The molecule has 0 unspecified atom stereocenters. The minimum Gasteiger partial charge on any atom is -0.354 e. The van der Waals surface area contributed by atoms with E-state index in [-0.39, 0.29) is 23.3 Å². The van der Waals surface area contributed by atoms with Gasteiger partial charge in [-0.15, -0.1) is 11.8 Å². The lowest BCUT2D eigenvalue weighted by atomic mass is 10.1. The van der Waals surface area contributed by atoms with E-state index in [1.807, 2.05) is 45.0 Å². The Hall–Kier alpha value is -2.87. The minimum atomic E-state index is -0.596. The molecule has 0 saturated carbocycles. The van der Waals surface area contributed by atoms with Crippen LogP contribution in [0.5, 0.6) is 0 Å². The molecule has 0 fully saturated rings. The summed E-state index contributed by atoms with van der Waals surface area (Å²) < 4.78 is 0. The Kier molecular flexibility index (Phi) is 9.71. The molecule has 7 nitrogen and oxygen atoms in total. The van der Waals surface area contributed by atoms with Gasteiger partial charge in [0.15, 0.2) is 0 Å². The van der Waals surface area contributed by atoms with Crippen molar-refractivity contribution in [3.05, 3.63) is 75.3 Å². The van der Waals surface area contributed by atoms with Gasteiger partial charge in [0, 0.05) is 31.0 Å². The molecule has 2 aromatic carbocycles. The molecule has 2 rings (SSSR count). The van der Waals surface area contributed by atoms with Crippen molar-refractivity contribution >= 4 is 29.3 Å². The first-order valence-corrected chi connectivity index (χ1v) is 11.8. The maximum atomic E-state index is 13.1. The number of hydrogen-bond donors (Lipinski definition) is 1. The van der Waals surface area contributed by atoms with Crippen molar-refractivity contribution in [2.75, 3.05) is 12.3 Å². The van der Waals surface area contributed by atoms with Gasteiger partial charge in [-0.2, -0.15) is 0 Å². The molecule has 0 heterocycles. The average molecular weight is 458 g/mol. The lowest BCUT2D eigenvalue weighted by Crippen LogP contribution is -2.48. The van der Waals surface area contributed by atoms with Crippen LogP contribution in [0.25, 0.3) is 0 Å². The van der Waals surface area contributed by atoms with Crippen molar-refractivity contribution in [3.8, 4) is 0 Å². The van der Waals surface area contributed by atoms with E-state index in [1.54, 1.807) is 24.0 Å². The second-order valence-electron chi connectivity index (χ2n) is 8.18. The van der Waals surface area contributed by atoms with Crippen LogP contribution in [-0.2, 0) is 21.9 Å². The largest absolute Gasteiger partial charge is 0.354 e. The van der Waals surface area contributed by atoms with Gasteiger partial charge in [-0.25, -0.2) is 0 Å². The van der Waals surface area contributed by atoms with Gasteiger partial charge < -0.3 is 10.2 Å². The standard InChI is InChI=1S/C24H31N3O4S/c1-17(2)13-25-24(29)19(4)26(14-21-8-6-5-7-18(21)3)23(28)16-32-15-20-9-11-22(12-10-20)27(30)31/h5-12,17,19H,13-16H2,1-4H3,(H,25,29)/t19-/m1/s1. The maximum Gasteiger partial charge on any atom is 0.269 e. The molecule has 0 aromatic heterocycles. The Bertz CT molecular complexity index is 931. The first-order chi connectivity index (χ1) is 15.2. The Morgan fingerprint density at radius 2 is 1.75 bits per heavy atom. The summed E-state index contributed by atoms with van der Waals surface area (Å²) in [5.41, 5.74) is 3.02. The molecule has 0 bridgehead atoms. The van der Waals surface area contributed by atoms with Gasteiger partial charge in [0.25, 0.3) is 5.69 Å². The summed E-state index contributed by atoms with van der Waals surface area (Å²) in [6.07, 6.45) is 0. The third-order valence-corrected chi connectivity index (χ3v) is 6.08. The highest BCUT2D eigenvalue weighted by Gasteiger charge is 2.26. The second-order valence-corrected chi connectivity index (χ2v) is 9.17. The first kappa shape index (κ1) is 25.4. The van der Waals surface area contributed by atoms with Crippen LogP contribution in [0.4, 0.5) is 5.69 Å². The lowest BCUT2D eigenvalue weighted by molar-refractivity contribution is -0.384. The summed E-state index contributed by atoms with van der Waals surface area (Å²) >= 11 is 1.43. The van der Waals surface area contributed by atoms with Crippen LogP contribution in [0.1, 0.15) is 37.5 Å². The van der Waals surface area contributed by atoms with Crippen LogP contribution >= 0.6 is 11.8 Å².